The summed E-state index contributed by atoms with van der Waals surface area (Å²) in [5.41, 5.74) is -0.0204. The molecule has 0 bridgehead atoms. The lowest BCUT2D eigenvalue weighted by atomic mass is 9.67. The highest BCUT2D eigenvalue weighted by Crippen LogP contribution is 2.42. The van der Waals surface area contributed by atoms with E-state index in [0.717, 1.165) is 5.92 Å². The van der Waals surface area contributed by atoms with Crippen molar-refractivity contribution in [3.8, 4) is 0 Å². The number of rotatable bonds is 1. The normalized spacial score (nSPS) is 30.4. The minimum absolute atomic E-state index is 0.449. The Morgan fingerprint density at radius 3 is 1.43 bits per heavy atom. The summed E-state index contributed by atoms with van der Waals surface area (Å²) in [6.45, 7) is 10.9. The first-order valence-electron chi connectivity index (χ1n) is 5.93. The molecule has 0 aromatic carbocycles. The molecule has 1 fully saturated rings. The van der Waals surface area contributed by atoms with Crippen LogP contribution in [0.15, 0.2) is 0 Å². The van der Waals surface area contributed by atoms with Crippen LogP contribution in [0.2, 0.25) is 0 Å². The Morgan fingerprint density at radius 2 is 1.14 bits per heavy atom. The topological polar surface area (TPSA) is 20.2 Å². The van der Waals surface area contributed by atoms with E-state index in [4.69, 9.17) is 0 Å². The van der Waals surface area contributed by atoms with E-state index in [-0.39, 0.29) is 0 Å². The first-order valence-corrected chi connectivity index (χ1v) is 5.93. The number of hydrogen-bond acceptors (Lipinski definition) is 1. The van der Waals surface area contributed by atoms with Crippen molar-refractivity contribution in [1.29, 1.82) is 0 Å². The third kappa shape index (κ3) is 2.98. The fourth-order valence-electron chi connectivity index (χ4n) is 2.67. The molecule has 1 saturated carbocycles. The average molecular weight is 198 g/mol. The summed E-state index contributed by atoms with van der Waals surface area (Å²) < 4.78 is 0. The van der Waals surface area contributed by atoms with Crippen LogP contribution in [0.5, 0.6) is 0 Å². The molecular formula is C13H26O. The predicted molar refractivity (Wildman–Crippen MR) is 61.2 cm³/mol. The van der Waals surface area contributed by atoms with E-state index in [9.17, 15) is 5.11 Å². The van der Waals surface area contributed by atoms with Crippen molar-refractivity contribution in [2.24, 2.45) is 17.3 Å². The summed E-state index contributed by atoms with van der Waals surface area (Å²) in [7, 11) is 0. The van der Waals surface area contributed by atoms with Crippen LogP contribution in [0.4, 0.5) is 0 Å². The smallest absolute Gasteiger partial charge is 0.0619 e. The van der Waals surface area contributed by atoms with Gasteiger partial charge >= 0.3 is 0 Å². The molecule has 0 aromatic rings. The molecule has 0 aliphatic heterocycles. The summed E-state index contributed by atoms with van der Waals surface area (Å²) in [5, 5.41) is 9.93. The molecule has 0 radical (unpaired) electrons. The molecule has 1 nitrogen and oxygen atoms in total. The molecule has 0 atom stereocenters. The lowest BCUT2D eigenvalue weighted by Gasteiger charge is -2.40. The lowest BCUT2D eigenvalue weighted by Crippen LogP contribution is -2.36. The quantitative estimate of drug-likeness (QED) is 0.682. The van der Waals surface area contributed by atoms with Gasteiger partial charge in [-0.2, -0.15) is 0 Å². The van der Waals surface area contributed by atoms with Crippen LogP contribution in [-0.4, -0.2) is 10.7 Å². The molecule has 0 saturated heterocycles. The van der Waals surface area contributed by atoms with Crippen LogP contribution in [-0.2, 0) is 0 Å². The van der Waals surface area contributed by atoms with E-state index in [0.29, 0.717) is 11.3 Å². The van der Waals surface area contributed by atoms with Gasteiger partial charge in [-0.1, -0.05) is 20.8 Å². The Labute approximate surface area is 88.9 Å². The Morgan fingerprint density at radius 1 is 0.786 bits per heavy atom. The van der Waals surface area contributed by atoms with E-state index >= 15 is 0 Å². The summed E-state index contributed by atoms with van der Waals surface area (Å²) in [6, 6.07) is 0. The second kappa shape index (κ2) is 3.84. The minimum atomic E-state index is -0.469. The third-order valence-corrected chi connectivity index (χ3v) is 3.95. The first kappa shape index (κ1) is 12.0. The SMILES string of the molecule is CC(C)(C)[C@H]1CC[C@H](C(C)(C)O)CC1. The predicted octanol–water partition coefficient (Wildman–Crippen LogP) is 3.61. The van der Waals surface area contributed by atoms with Gasteiger partial charge in [0.05, 0.1) is 5.60 Å². The molecule has 14 heavy (non-hydrogen) atoms. The summed E-state index contributed by atoms with van der Waals surface area (Å²) >= 11 is 0. The Kier molecular flexibility index (Phi) is 3.30. The van der Waals surface area contributed by atoms with Gasteiger partial charge in [0.15, 0.2) is 0 Å². The van der Waals surface area contributed by atoms with Gasteiger partial charge in [-0.25, -0.2) is 0 Å². The Hall–Kier alpha value is -0.0400. The van der Waals surface area contributed by atoms with Gasteiger partial charge in [0, 0.05) is 0 Å². The van der Waals surface area contributed by atoms with Crippen molar-refractivity contribution in [2.45, 2.75) is 65.9 Å². The van der Waals surface area contributed by atoms with E-state index in [1.807, 2.05) is 13.8 Å². The molecule has 0 heterocycles. The van der Waals surface area contributed by atoms with Gasteiger partial charge in [0.1, 0.15) is 0 Å². The number of hydrogen-bond donors (Lipinski definition) is 1. The Bertz CT molecular complexity index is 152. The summed E-state index contributed by atoms with van der Waals surface area (Å²) in [4.78, 5) is 0. The maximum absolute atomic E-state index is 9.93. The van der Waals surface area contributed by atoms with Crippen LogP contribution in [0.3, 0.4) is 0 Å². The van der Waals surface area contributed by atoms with Crippen molar-refractivity contribution in [3.63, 3.8) is 0 Å². The van der Waals surface area contributed by atoms with Crippen molar-refractivity contribution >= 4 is 0 Å². The maximum Gasteiger partial charge on any atom is 0.0619 e. The van der Waals surface area contributed by atoms with Gasteiger partial charge in [0.2, 0.25) is 0 Å². The molecule has 1 aliphatic rings. The van der Waals surface area contributed by atoms with E-state index < -0.39 is 5.60 Å². The van der Waals surface area contributed by atoms with E-state index in [2.05, 4.69) is 20.8 Å². The van der Waals surface area contributed by atoms with Crippen LogP contribution in [0.1, 0.15) is 60.3 Å². The zero-order valence-corrected chi connectivity index (χ0v) is 10.4. The van der Waals surface area contributed by atoms with Gasteiger partial charge in [-0.05, 0) is 56.8 Å². The fraction of sp³-hybridized carbons (Fsp3) is 1.00. The second-order valence-electron chi connectivity index (χ2n) is 6.57. The average Bonchev–Trinajstić information content (AvgIpc) is 2.01. The molecule has 1 heteroatoms. The molecular weight excluding hydrogens is 172 g/mol. The summed E-state index contributed by atoms with van der Waals surface area (Å²) in [6.07, 6.45) is 4.98. The first-order chi connectivity index (χ1) is 6.21. The van der Waals surface area contributed by atoms with Crippen LogP contribution < -0.4 is 0 Å². The van der Waals surface area contributed by atoms with Crippen LogP contribution >= 0.6 is 0 Å². The number of aliphatic hydroxyl groups is 1. The molecule has 84 valence electrons. The zero-order chi connectivity index (χ0) is 11.0. The lowest BCUT2D eigenvalue weighted by molar-refractivity contribution is -0.0150. The third-order valence-electron chi connectivity index (χ3n) is 3.95. The van der Waals surface area contributed by atoms with Gasteiger partial charge in [0.25, 0.3) is 0 Å². The van der Waals surface area contributed by atoms with Crippen molar-refractivity contribution < 1.29 is 5.11 Å². The maximum atomic E-state index is 9.93. The minimum Gasteiger partial charge on any atom is -0.390 e. The molecule has 1 aliphatic carbocycles. The second-order valence-corrected chi connectivity index (χ2v) is 6.57. The molecule has 0 spiro atoms. The highest BCUT2D eigenvalue weighted by atomic mass is 16.3. The van der Waals surface area contributed by atoms with E-state index in [1.54, 1.807) is 0 Å². The van der Waals surface area contributed by atoms with Gasteiger partial charge in [-0.15, -0.1) is 0 Å². The molecule has 1 rings (SSSR count). The largest absolute Gasteiger partial charge is 0.390 e. The monoisotopic (exact) mass is 198 g/mol. The highest BCUT2D eigenvalue weighted by Gasteiger charge is 2.35. The standard InChI is InChI=1S/C13H26O/c1-12(2,3)10-6-8-11(9-7-10)13(4,5)14/h10-11,14H,6-9H2,1-5H3/t10-,11-. The molecule has 0 aromatic heterocycles. The van der Waals surface area contributed by atoms with E-state index in [1.165, 1.54) is 25.7 Å². The van der Waals surface area contributed by atoms with Gasteiger partial charge in [-0.3, -0.25) is 0 Å². The van der Waals surface area contributed by atoms with Crippen LogP contribution in [0, 0.1) is 17.3 Å². The molecule has 1 N–H and O–H groups in total. The van der Waals surface area contributed by atoms with Crippen LogP contribution in [0.25, 0.3) is 0 Å². The Balaban J connectivity index is 2.47. The molecule has 0 amide bonds. The van der Waals surface area contributed by atoms with Crippen molar-refractivity contribution in [3.05, 3.63) is 0 Å². The van der Waals surface area contributed by atoms with Gasteiger partial charge < -0.3 is 5.11 Å². The summed E-state index contributed by atoms with van der Waals surface area (Å²) in [5.74, 6) is 1.36. The molecule has 0 unspecified atom stereocenters. The highest BCUT2D eigenvalue weighted by molar-refractivity contribution is 4.86. The fourth-order valence-corrected chi connectivity index (χ4v) is 2.67. The van der Waals surface area contributed by atoms with Crippen molar-refractivity contribution in [2.75, 3.05) is 0 Å². The van der Waals surface area contributed by atoms with Crippen molar-refractivity contribution in [1.82, 2.24) is 0 Å². The zero-order valence-electron chi connectivity index (χ0n) is 10.4.